The number of allylic oxidation sites excluding steroid dienone is 1. The third-order valence-electron chi connectivity index (χ3n) is 2.37. The van der Waals surface area contributed by atoms with Gasteiger partial charge in [0.25, 0.3) is 0 Å². The van der Waals surface area contributed by atoms with Crippen molar-refractivity contribution in [3.8, 4) is 0 Å². The Morgan fingerprint density at radius 2 is 1.93 bits per heavy atom. The molecular formula is C13H16O2. The Hall–Kier alpha value is -1.41. The van der Waals surface area contributed by atoms with E-state index in [4.69, 9.17) is 0 Å². The average Bonchev–Trinajstić information content (AvgIpc) is 2.28. The highest BCUT2D eigenvalue weighted by atomic mass is 16.3. The SMILES string of the molecule is C/C=C/C(O)[C@@H](C)C(=O)c1ccccc1. The third kappa shape index (κ3) is 3.03. The zero-order valence-corrected chi connectivity index (χ0v) is 9.05. The first-order valence-corrected chi connectivity index (χ1v) is 5.07. The van der Waals surface area contributed by atoms with Gasteiger partial charge in [-0.25, -0.2) is 0 Å². The number of hydrogen-bond acceptors (Lipinski definition) is 2. The number of carbonyl (C=O) groups excluding carboxylic acids is 1. The van der Waals surface area contributed by atoms with Gasteiger partial charge in [0.15, 0.2) is 5.78 Å². The molecule has 2 heteroatoms. The number of carbonyl (C=O) groups is 1. The van der Waals surface area contributed by atoms with Crippen LogP contribution in [0.2, 0.25) is 0 Å². The van der Waals surface area contributed by atoms with Gasteiger partial charge < -0.3 is 5.11 Å². The summed E-state index contributed by atoms with van der Waals surface area (Å²) in [5.74, 6) is -0.426. The molecule has 0 saturated heterocycles. The first-order valence-electron chi connectivity index (χ1n) is 5.07. The van der Waals surface area contributed by atoms with Crippen molar-refractivity contribution in [3.63, 3.8) is 0 Å². The Kier molecular flexibility index (Phi) is 4.25. The quantitative estimate of drug-likeness (QED) is 0.604. The van der Waals surface area contributed by atoms with E-state index in [1.165, 1.54) is 0 Å². The molecule has 0 aliphatic heterocycles. The lowest BCUT2D eigenvalue weighted by Gasteiger charge is -2.14. The van der Waals surface area contributed by atoms with Crippen molar-refractivity contribution in [1.29, 1.82) is 0 Å². The fourth-order valence-electron chi connectivity index (χ4n) is 1.38. The number of aliphatic hydroxyl groups excluding tert-OH is 1. The zero-order chi connectivity index (χ0) is 11.3. The summed E-state index contributed by atoms with van der Waals surface area (Å²) in [5, 5.41) is 9.64. The van der Waals surface area contributed by atoms with Crippen LogP contribution in [0, 0.1) is 5.92 Å². The minimum Gasteiger partial charge on any atom is -0.388 e. The van der Waals surface area contributed by atoms with Crippen molar-refractivity contribution in [2.45, 2.75) is 20.0 Å². The van der Waals surface area contributed by atoms with E-state index in [1.54, 1.807) is 31.2 Å². The molecule has 0 bridgehead atoms. The van der Waals surface area contributed by atoms with Gasteiger partial charge in [-0.05, 0) is 6.92 Å². The van der Waals surface area contributed by atoms with E-state index < -0.39 is 12.0 Å². The van der Waals surface area contributed by atoms with Crippen LogP contribution in [0.5, 0.6) is 0 Å². The van der Waals surface area contributed by atoms with Gasteiger partial charge in [-0.15, -0.1) is 0 Å². The molecule has 0 aliphatic rings. The van der Waals surface area contributed by atoms with E-state index >= 15 is 0 Å². The van der Waals surface area contributed by atoms with Crippen LogP contribution in [0.15, 0.2) is 42.5 Å². The van der Waals surface area contributed by atoms with Gasteiger partial charge in [-0.2, -0.15) is 0 Å². The van der Waals surface area contributed by atoms with Crippen LogP contribution in [0.1, 0.15) is 24.2 Å². The van der Waals surface area contributed by atoms with Crippen LogP contribution >= 0.6 is 0 Å². The van der Waals surface area contributed by atoms with Crippen molar-refractivity contribution in [1.82, 2.24) is 0 Å². The van der Waals surface area contributed by atoms with Gasteiger partial charge in [0.2, 0.25) is 0 Å². The van der Waals surface area contributed by atoms with Gasteiger partial charge in [0, 0.05) is 11.5 Å². The lowest BCUT2D eigenvalue weighted by atomic mass is 9.94. The zero-order valence-electron chi connectivity index (χ0n) is 9.05. The van der Waals surface area contributed by atoms with Crippen LogP contribution in [-0.2, 0) is 0 Å². The summed E-state index contributed by atoms with van der Waals surface area (Å²) in [7, 11) is 0. The smallest absolute Gasteiger partial charge is 0.168 e. The first kappa shape index (κ1) is 11.7. The molecule has 0 aromatic heterocycles. The fourth-order valence-corrected chi connectivity index (χ4v) is 1.38. The molecule has 0 heterocycles. The summed E-state index contributed by atoms with van der Waals surface area (Å²) in [4.78, 5) is 11.9. The minimum atomic E-state index is -0.706. The van der Waals surface area contributed by atoms with E-state index in [0.717, 1.165) is 0 Å². The van der Waals surface area contributed by atoms with Crippen molar-refractivity contribution < 1.29 is 9.90 Å². The van der Waals surface area contributed by atoms with E-state index in [2.05, 4.69) is 0 Å². The first-order chi connectivity index (χ1) is 7.16. The number of Topliss-reactive ketones (excluding diaryl/α,β-unsaturated/α-hetero) is 1. The average molecular weight is 204 g/mol. The van der Waals surface area contributed by atoms with Crippen molar-refractivity contribution in [2.75, 3.05) is 0 Å². The monoisotopic (exact) mass is 204 g/mol. The molecular weight excluding hydrogens is 188 g/mol. The summed E-state index contributed by atoms with van der Waals surface area (Å²) in [5.41, 5.74) is 0.647. The van der Waals surface area contributed by atoms with Crippen LogP contribution in [-0.4, -0.2) is 17.0 Å². The van der Waals surface area contributed by atoms with Gasteiger partial charge in [0.05, 0.1) is 6.10 Å². The molecule has 0 spiro atoms. The van der Waals surface area contributed by atoms with Crippen molar-refractivity contribution in [2.24, 2.45) is 5.92 Å². The Labute approximate surface area is 90.3 Å². The summed E-state index contributed by atoms with van der Waals surface area (Å²) in [6.07, 6.45) is 2.67. The van der Waals surface area contributed by atoms with Crippen LogP contribution in [0.25, 0.3) is 0 Å². The van der Waals surface area contributed by atoms with Gasteiger partial charge in [-0.1, -0.05) is 49.4 Å². The highest BCUT2D eigenvalue weighted by Crippen LogP contribution is 2.13. The molecule has 0 fully saturated rings. The summed E-state index contributed by atoms with van der Waals surface area (Å²) >= 11 is 0. The highest BCUT2D eigenvalue weighted by Gasteiger charge is 2.20. The summed E-state index contributed by atoms with van der Waals surface area (Å²) in [6, 6.07) is 9.04. The molecule has 2 atom stereocenters. The number of hydrogen-bond donors (Lipinski definition) is 1. The van der Waals surface area contributed by atoms with Crippen molar-refractivity contribution >= 4 is 5.78 Å². The molecule has 80 valence electrons. The normalized spacial score (nSPS) is 15.1. The molecule has 0 saturated carbocycles. The van der Waals surface area contributed by atoms with Gasteiger partial charge >= 0.3 is 0 Å². The molecule has 0 amide bonds. The Morgan fingerprint density at radius 1 is 1.33 bits per heavy atom. The lowest BCUT2D eigenvalue weighted by molar-refractivity contribution is 0.0805. The van der Waals surface area contributed by atoms with E-state index in [9.17, 15) is 9.90 Å². The highest BCUT2D eigenvalue weighted by molar-refractivity contribution is 5.98. The minimum absolute atomic E-state index is 0.0267. The molecule has 2 nitrogen and oxygen atoms in total. The molecule has 1 aromatic rings. The molecule has 0 radical (unpaired) electrons. The second kappa shape index (κ2) is 5.47. The van der Waals surface area contributed by atoms with E-state index in [-0.39, 0.29) is 5.78 Å². The van der Waals surface area contributed by atoms with E-state index in [1.807, 2.05) is 25.1 Å². The molecule has 1 N–H and O–H groups in total. The maximum absolute atomic E-state index is 11.9. The maximum Gasteiger partial charge on any atom is 0.168 e. The van der Waals surface area contributed by atoms with E-state index in [0.29, 0.717) is 5.56 Å². The van der Waals surface area contributed by atoms with Gasteiger partial charge in [-0.3, -0.25) is 4.79 Å². The van der Waals surface area contributed by atoms with Gasteiger partial charge in [0.1, 0.15) is 0 Å². The molecule has 15 heavy (non-hydrogen) atoms. The Bertz CT molecular complexity index is 341. The number of rotatable bonds is 4. The summed E-state index contributed by atoms with van der Waals surface area (Å²) in [6.45, 7) is 3.56. The second-order valence-corrected chi connectivity index (χ2v) is 3.54. The topological polar surface area (TPSA) is 37.3 Å². The molecule has 1 rings (SSSR count). The predicted molar refractivity (Wildman–Crippen MR) is 60.8 cm³/mol. The largest absolute Gasteiger partial charge is 0.388 e. The molecule has 1 aromatic carbocycles. The van der Waals surface area contributed by atoms with Crippen molar-refractivity contribution in [3.05, 3.63) is 48.0 Å². The number of benzene rings is 1. The Balaban J connectivity index is 2.77. The molecule has 0 aliphatic carbocycles. The number of aliphatic hydroxyl groups is 1. The number of ketones is 1. The predicted octanol–water partition coefficient (Wildman–Crippen LogP) is 2.44. The Morgan fingerprint density at radius 3 is 2.47 bits per heavy atom. The van der Waals surface area contributed by atoms with Crippen LogP contribution in [0.4, 0.5) is 0 Å². The lowest BCUT2D eigenvalue weighted by Crippen LogP contribution is -2.23. The van der Waals surface area contributed by atoms with Crippen LogP contribution < -0.4 is 0 Å². The standard InChI is InChI=1S/C13H16O2/c1-3-7-12(14)10(2)13(15)11-8-5-4-6-9-11/h3-10,12,14H,1-2H3/b7-3+/t10-,12?/m1/s1. The third-order valence-corrected chi connectivity index (χ3v) is 2.37. The fraction of sp³-hybridized carbons (Fsp3) is 0.308. The summed E-state index contributed by atoms with van der Waals surface area (Å²) < 4.78 is 0. The maximum atomic E-state index is 11.9. The molecule has 1 unspecified atom stereocenters. The van der Waals surface area contributed by atoms with Crippen LogP contribution in [0.3, 0.4) is 0 Å². The second-order valence-electron chi connectivity index (χ2n) is 3.54.